The maximum absolute atomic E-state index is 8.78. The Labute approximate surface area is 129 Å². The summed E-state index contributed by atoms with van der Waals surface area (Å²) >= 11 is 1.73. The lowest BCUT2D eigenvalue weighted by molar-refractivity contribution is 0.696. The van der Waals surface area contributed by atoms with Crippen LogP contribution in [-0.2, 0) is 6.54 Å². The zero-order valence-electron chi connectivity index (χ0n) is 12.1. The summed E-state index contributed by atoms with van der Waals surface area (Å²) in [6.45, 7) is 2.78. The Morgan fingerprint density at radius 3 is 2.67 bits per heavy atom. The van der Waals surface area contributed by atoms with Crippen molar-refractivity contribution in [3.63, 3.8) is 0 Å². The summed E-state index contributed by atoms with van der Waals surface area (Å²) in [4.78, 5) is 5.51. The summed E-state index contributed by atoms with van der Waals surface area (Å²) in [6, 6.07) is 14.0. The SMILES string of the molecule is CN=C(NCc1ccc(C#N)cc1)NC(C)c1cccs1. The van der Waals surface area contributed by atoms with E-state index in [-0.39, 0.29) is 6.04 Å². The molecule has 0 amide bonds. The first-order valence-electron chi connectivity index (χ1n) is 6.72. The van der Waals surface area contributed by atoms with Gasteiger partial charge in [0.2, 0.25) is 0 Å². The predicted molar refractivity (Wildman–Crippen MR) is 87.2 cm³/mol. The van der Waals surface area contributed by atoms with Crippen LogP contribution in [0.15, 0.2) is 46.8 Å². The third kappa shape index (κ3) is 4.33. The van der Waals surface area contributed by atoms with Gasteiger partial charge in [-0.3, -0.25) is 4.99 Å². The fourth-order valence-electron chi connectivity index (χ4n) is 1.89. The van der Waals surface area contributed by atoms with Crippen molar-refractivity contribution in [3.8, 4) is 6.07 Å². The van der Waals surface area contributed by atoms with Gasteiger partial charge in [-0.05, 0) is 36.1 Å². The second kappa shape index (κ2) is 7.46. The number of hydrogen-bond donors (Lipinski definition) is 2. The van der Waals surface area contributed by atoms with E-state index in [0.717, 1.165) is 11.5 Å². The molecule has 1 aromatic carbocycles. The number of nitriles is 1. The molecule has 1 unspecified atom stereocenters. The van der Waals surface area contributed by atoms with Crippen LogP contribution in [0, 0.1) is 11.3 Å². The van der Waals surface area contributed by atoms with Crippen molar-refractivity contribution in [3.05, 3.63) is 57.8 Å². The van der Waals surface area contributed by atoms with Gasteiger partial charge < -0.3 is 10.6 Å². The highest BCUT2D eigenvalue weighted by Crippen LogP contribution is 2.17. The summed E-state index contributed by atoms with van der Waals surface area (Å²) < 4.78 is 0. The molecule has 21 heavy (non-hydrogen) atoms. The first kappa shape index (κ1) is 15.1. The number of nitrogens with one attached hydrogen (secondary N) is 2. The number of benzene rings is 1. The normalized spacial score (nSPS) is 12.5. The Morgan fingerprint density at radius 1 is 1.33 bits per heavy atom. The van der Waals surface area contributed by atoms with E-state index in [9.17, 15) is 0 Å². The number of thiophene rings is 1. The lowest BCUT2D eigenvalue weighted by atomic mass is 10.1. The second-order valence-electron chi connectivity index (χ2n) is 4.62. The summed E-state index contributed by atoms with van der Waals surface area (Å²) in [5, 5.41) is 17.5. The minimum atomic E-state index is 0.220. The molecule has 1 atom stereocenters. The topological polar surface area (TPSA) is 60.2 Å². The molecule has 0 aliphatic carbocycles. The van der Waals surface area contributed by atoms with E-state index in [1.807, 2.05) is 30.3 Å². The molecule has 5 heteroatoms. The van der Waals surface area contributed by atoms with E-state index in [4.69, 9.17) is 5.26 Å². The summed E-state index contributed by atoms with van der Waals surface area (Å²) in [5.74, 6) is 0.764. The average Bonchev–Trinajstić information content (AvgIpc) is 3.06. The molecule has 0 fully saturated rings. The Bertz CT molecular complexity index is 623. The van der Waals surface area contributed by atoms with Crippen molar-refractivity contribution in [2.24, 2.45) is 4.99 Å². The van der Waals surface area contributed by atoms with Gasteiger partial charge in [0.05, 0.1) is 17.7 Å². The van der Waals surface area contributed by atoms with E-state index in [1.165, 1.54) is 4.88 Å². The van der Waals surface area contributed by atoms with Crippen LogP contribution >= 0.6 is 11.3 Å². The van der Waals surface area contributed by atoms with Crippen LogP contribution in [0.25, 0.3) is 0 Å². The number of guanidine groups is 1. The highest BCUT2D eigenvalue weighted by Gasteiger charge is 2.08. The Kier molecular flexibility index (Phi) is 5.35. The van der Waals surface area contributed by atoms with Crippen molar-refractivity contribution < 1.29 is 0 Å². The van der Waals surface area contributed by atoms with Crippen LogP contribution in [0.5, 0.6) is 0 Å². The molecule has 1 aromatic heterocycles. The van der Waals surface area contributed by atoms with Crippen LogP contribution < -0.4 is 10.6 Å². The molecule has 0 aliphatic rings. The number of aliphatic imine (C=N–C) groups is 1. The van der Waals surface area contributed by atoms with Crippen molar-refractivity contribution in [2.75, 3.05) is 7.05 Å². The molecule has 0 aliphatic heterocycles. The van der Waals surface area contributed by atoms with Crippen molar-refractivity contribution in [1.29, 1.82) is 5.26 Å². The lowest BCUT2D eigenvalue weighted by Gasteiger charge is -2.17. The number of nitrogens with zero attached hydrogens (tertiary/aromatic N) is 2. The zero-order valence-corrected chi connectivity index (χ0v) is 12.9. The largest absolute Gasteiger partial charge is 0.352 e. The third-order valence-electron chi connectivity index (χ3n) is 3.09. The summed E-state index contributed by atoms with van der Waals surface area (Å²) in [7, 11) is 1.76. The van der Waals surface area contributed by atoms with Gasteiger partial charge >= 0.3 is 0 Å². The van der Waals surface area contributed by atoms with Gasteiger partial charge in [-0.2, -0.15) is 5.26 Å². The maximum Gasteiger partial charge on any atom is 0.191 e. The van der Waals surface area contributed by atoms with Crippen LogP contribution in [0.3, 0.4) is 0 Å². The first-order valence-corrected chi connectivity index (χ1v) is 7.60. The molecule has 1 heterocycles. The molecule has 0 radical (unpaired) electrons. The molecular weight excluding hydrogens is 280 g/mol. The van der Waals surface area contributed by atoms with Crippen LogP contribution in [0.2, 0.25) is 0 Å². The molecule has 4 nitrogen and oxygen atoms in total. The Morgan fingerprint density at radius 2 is 2.10 bits per heavy atom. The number of hydrogen-bond acceptors (Lipinski definition) is 3. The molecule has 2 N–H and O–H groups in total. The van der Waals surface area contributed by atoms with Gasteiger partial charge in [-0.15, -0.1) is 11.3 Å². The quantitative estimate of drug-likeness (QED) is 0.673. The maximum atomic E-state index is 8.78. The monoisotopic (exact) mass is 298 g/mol. The standard InChI is InChI=1S/C16H18N4S/c1-12(15-4-3-9-21-15)20-16(18-2)19-11-14-7-5-13(10-17)6-8-14/h3-9,12H,11H2,1-2H3,(H2,18,19,20). The Balaban J connectivity index is 1.89. The van der Waals surface area contributed by atoms with E-state index in [1.54, 1.807) is 18.4 Å². The average molecular weight is 298 g/mol. The third-order valence-corrected chi connectivity index (χ3v) is 4.14. The van der Waals surface area contributed by atoms with E-state index >= 15 is 0 Å². The molecular formula is C16H18N4S. The van der Waals surface area contributed by atoms with Gasteiger partial charge in [0.15, 0.2) is 5.96 Å². The van der Waals surface area contributed by atoms with Gasteiger partial charge in [-0.25, -0.2) is 0 Å². The van der Waals surface area contributed by atoms with Gasteiger partial charge in [-0.1, -0.05) is 18.2 Å². The van der Waals surface area contributed by atoms with Gasteiger partial charge in [0, 0.05) is 18.5 Å². The van der Waals surface area contributed by atoms with Crippen molar-refractivity contribution in [2.45, 2.75) is 19.5 Å². The predicted octanol–water partition coefficient (Wildman–Crippen LogP) is 3.05. The molecule has 0 bridgehead atoms. The summed E-state index contributed by atoms with van der Waals surface area (Å²) in [6.07, 6.45) is 0. The fourth-order valence-corrected chi connectivity index (χ4v) is 2.63. The van der Waals surface area contributed by atoms with Crippen molar-refractivity contribution >= 4 is 17.3 Å². The minimum absolute atomic E-state index is 0.220. The summed E-state index contributed by atoms with van der Waals surface area (Å²) in [5.41, 5.74) is 1.79. The van der Waals surface area contributed by atoms with Gasteiger partial charge in [0.1, 0.15) is 0 Å². The smallest absolute Gasteiger partial charge is 0.191 e. The molecule has 0 saturated heterocycles. The minimum Gasteiger partial charge on any atom is -0.352 e. The highest BCUT2D eigenvalue weighted by atomic mass is 32.1. The van der Waals surface area contributed by atoms with Crippen LogP contribution in [0.1, 0.15) is 29.0 Å². The molecule has 2 rings (SSSR count). The van der Waals surface area contributed by atoms with E-state index < -0.39 is 0 Å². The van der Waals surface area contributed by atoms with Crippen LogP contribution in [0.4, 0.5) is 0 Å². The molecule has 0 saturated carbocycles. The molecule has 0 spiro atoms. The number of rotatable bonds is 4. The fraction of sp³-hybridized carbons (Fsp3) is 0.250. The second-order valence-corrected chi connectivity index (χ2v) is 5.60. The Hall–Kier alpha value is -2.32. The lowest BCUT2D eigenvalue weighted by Crippen LogP contribution is -2.38. The molecule has 108 valence electrons. The van der Waals surface area contributed by atoms with E-state index in [2.05, 4.69) is 40.1 Å². The first-order chi connectivity index (χ1) is 10.2. The van der Waals surface area contributed by atoms with Crippen molar-refractivity contribution in [1.82, 2.24) is 10.6 Å². The highest BCUT2D eigenvalue weighted by molar-refractivity contribution is 7.10. The van der Waals surface area contributed by atoms with Crippen LogP contribution in [-0.4, -0.2) is 13.0 Å². The molecule has 2 aromatic rings. The zero-order chi connectivity index (χ0) is 15.1. The van der Waals surface area contributed by atoms with E-state index in [0.29, 0.717) is 12.1 Å². The van der Waals surface area contributed by atoms with Gasteiger partial charge in [0.25, 0.3) is 0 Å².